The number of amides is 1. The van der Waals surface area contributed by atoms with Crippen LogP contribution in [0.1, 0.15) is 29.8 Å². The van der Waals surface area contributed by atoms with Gasteiger partial charge in [-0.2, -0.15) is 0 Å². The van der Waals surface area contributed by atoms with Gasteiger partial charge in [-0.15, -0.1) is 0 Å². The van der Waals surface area contributed by atoms with E-state index >= 15 is 0 Å². The SMILES string of the molecule is O=C(NCC[C@H]1CCCN1)c1cnccn1. The zero-order valence-corrected chi connectivity index (χ0v) is 9.15. The monoisotopic (exact) mass is 220 g/mol. The van der Waals surface area contributed by atoms with Gasteiger partial charge in [-0.1, -0.05) is 0 Å². The first kappa shape index (κ1) is 11.0. The van der Waals surface area contributed by atoms with E-state index in [1.54, 1.807) is 6.20 Å². The molecular formula is C11H16N4O. The van der Waals surface area contributed by atoms with Crippen LogP contribution in [0.2, 0.25) is 0 Å². The molecule has 16 heavy (non-hydrogen) atoms. The number of carbonyl (C=O) groups excluding carboxylic acids is 1. The highest BCUT2D eigenvalue weighted by molar-refractivity contribution is 5.91. The number of nitrogens with zero attached hydrogens (tertiary/aromatic N) is 2. The number of hydrogen-bond acceptors (Lipinski definition) is 4. The number of hydrogen-bond donors (Lipinski definition) is 2. The van der Waals surface area contributed by atoms with Crippen molar-refractivity contribution in [3.05, 3.63) is 24.3 Å². The molecule has 0 bridgehead atoms. The molecule has 0 unspecified atom stereocenters. The van der Waals surface area contributed by atoms with Gasteiger partial charge in [0, 0.05) is 25.0 Å². The Labute approximate surface area is 94.7 Å². The van der Waals surface area contributed by atoms with Gasteiger partial charge in [-0.25, -0.2) is 4.98 Å². The maximum absolute atomic E-state index is 11.6. The molecule has 0 aliphatic carbocycles. The molecule has 5 heteroatoms. The van der Waals surface area contributed by atoms with E-state index in [1.165, 1.54) is 25.2 Å². The Morgan fingerprint density at radius 1 is 1.56 bits per heavy atom. The van der Waals surface area contributed by atoms with Gasteiger partial charge in [0.2, 0.25) is 0 Å². The van der Waals surface area contributed by atoms with E-state index in [2.05, 4.69) is 20.6 Å². The van der Waals surface area contributed by atoms with Crippen LogP contribution in [0.15, 0.2) is 18.6 Å². The first-order valence-corrected chi connectivity index (χ1v) is 5.64. The lowest BCUT2D eigenvalue weighted by atomic mass is 10.1. The predicted molar refractivity (Wildman–Crippen MR) is 60.0 cm³/mol. The van der Waals surface area contributed by atoms with Gasteiger partial charge < -0.3 is 10.6 Å². The van der Waals surface area contributed by atoms with Crippen molar-refractivity contribution in [1.29, 1.82) is 0 Å². The van der Waals surface area contributed by atoms with E-state index in [0.29, 0.717) is 18.3 Å². The summed E-state index contributed by atoms with van der Waals surface area (Å²) in [7, 11) is 0. The average molecular weight is 220 g/mol. The molecule has 2 rings (SSSR count). The molecule has 1 saturated heterocycles. The van der Waals surface area contributed by atoms with Crippen LogP contribution in [-0.4, -0.2) is 35.0 Å². The van der Waals surface area contributed by atoms with Crippen LogP contribution < -0.4 is 10.6 Å². The third-order valence-electron chi connectivity index (χ3n) is 2.74. The van der Waals surface area contributed by atoms with Crippen molar-refractivity contribution < 1.29 is 4.79 Å². The fourth-order valence-electron chi connectivity index (χ4n) is 1.87. The Morgan fingerprint density at radius 2 is 2.50 bits per heavy atom. The smallest absolute Gasteiger partial charge is 0.271 e. The number of carbonyl (C=O) groups is 1. The van der Waals surface area contributed by atoms with Crippen molar-refractivity contribution in [1.82, 2.24) is 20.6 Å². The molecule has 1 aliphatic rings. The zero-order valence-electron chi connectivity index (χ0n) is 9.15. The van der Waals surface area contributed by atoms with Crippen LogP contribution in [0.4, 0.5) is 0 Å². The summed E-state index contributed by atoms with van der Waals surface area (Å²) in [6, 6.07) is 0.558. The highest BCUT2D eigenvalue weighted by Gasteiger charge is 2.14. The summed E-state index contributed by atoms with van der Waals surface area (Å²) in [5, 5.41) is 6.24. The predicted octanol–water partition coefficient (Wildman–Crippen LogP) is 0.348. The van der Waals surface area contributed by atoms with Gasteiger partial charge in [0.05, 0.1) is 6.20 Å². The van der Waals surface area contributed by atoms with Crippen molar-refractivity contribution in [2.75, 3.05) is 13.1 Å². The molecule has 1 fully saturated rings. The van der Waals surface area contributed by atoms with E-state index < -0.39 is 0 Å². The molecular weight excluding hydrogens is 204 g/mol. The third-order valence-corrected chi connectivity index (χ3v) is 2.74. The van der Waals surface area contributed by atoms with Crippen LogP contribution >= 0.6 is 0 Å². The maximum atomic E-state index is 11.6. The van der Waals surface area contributed by atoms with Gasteiger partial charge in [0.25, 0.3) is 5.91 Å². The average Bonchev–Trinajstić information content (AvgIpc) is 2.83. The van der Waals surface area contributed by atoms with Crippen LogP contribution in [0.3, 0.4) is 0 Å². The summed E-state index contributed by atoms with van der Waals surface area (Å²) in [4.78, 5) is 19.4. The van der Waals surface area contributed by atoms with Crippen molar-refractivity contribution >= 4 is 5.91 Å². The van der Waals surface area contributed by atoms with E-state index in [0.717, 1.165) is 13.0 Å². The molecule has 2 heterocycles. The van der Waals surface area contributed by atoms with Gasteiger partial charge in [-0.05, 0) is 25.8 Å². The Bertz CT molecular complexity index is 335. The second-order valence-electron chi connectivity index (χ2n) is 3.93. The topological polar surface area (TPSA) is 66.9 Å². The summed E-state index contributed by atoms with van der Waals surface area (Å²) in [5.74, 6) is -0.147. The minimum Gasteiger partial charge on any atom is -0.351 e. The van der Waals surface area contributed by atoms with Crippen molar-refractivity contribution in [3.63, 3.8) is 0 Å². The van der Waals surface area contributed by atoms with Gasteiger partial charge >= 0.3 is 0 Å². The summed E-state index contributed by atoms with van der Waals surface area (Å²) in [6.07, 6.45) is 7.98. The van der Waals surface area contributed by atoms with Gasteiger partial charge in [0.15, 0.2) is 0 Å². The molecule has 0 radical (unpaired) electrons. The van der Waals surface area contributed by atoms with Crippen molar-refractivity contribution in [2.24, 2.45) is 0 Å². The van der Waals surface area contributed by atoms with Crippen LogP contribution in [0, 0.1) is 0 Å². The minimum atomic E-state index is -0.147. The molecule has 86 valence electrons. The van der Waals surface area contributed by atoms with Crippen molar-refractivity contribution in [2.45, 2.75) is 25.3 Å². The second kappa shape index (κ2) is 5.55. The Balaban J connectivity index is 1.71. The number of aromatic nitrogens is 2. The molecule has 0 spiro atoms. The second-order valence-corrected chi connectivity index (χ2v) is 3.93. The molecule has 1 aromatic heterocycles. The molecule has 0 saturated carbocycles. The summed E-state index contributed by atoms with van der Waals surface area (Å²) in [6.45, 7) is 1.79. The molecule has 1 aromatic rings. The quantitative estimate of drug-likeness (QED) is 0.768. The van der Waals surface area contributed by atoms with E-state index in [9.17, 15) is 4.79 Å². The highest BCUT2D eigenvalue weighted by Crippen LogP contribution is 2.07. The Morgan fingerprint density at radius 3 is 3.19 bits per heavy atom. The molecule has 0 aromatic carbocycles. The first-order valence-electron chi connectivity index (χ1n) is 5.64. The highest BCUT2D eigenvalue weighted by atomic mass is 16.1. The summed E-state index contributed by atoms with van der Waals surface area (Å²) < 4.78 is 0. The van der Waals surface area contributed by atoms with Crippen LogP contribution in [-0.2, 0) is 0 Å². The fraction of sp³-hybridized carbons (Fsp3) is 0.545. The third kappa shape index (κ3) is 3.00. The van der Waals surface area contributed by atoms with E-state index in [4.69, 9.17) is 0 Å². The number of nitrogens with one attached hydrogen (secondary N) is 2. The maximum Gasteiger partial charge on any atom is 0.271 e. The lowest BCUT2D eigenvalue weighted by molar-refractivity contribution is 0.0947. The largest absolute Gasteiger partial charge is 0.351 e. The zero-order chi connectivity index (χ0) is 11.2. The fourth-order valence-corrected chi connectivity index (χ4v) is 1.87. The van der Waals surface area contributed by atoms with Crippen LogP contribution in [0.25, 0.3) is 0 Å². The first-order chi connectivity index (χ1) is 7.86. The molecule has 5 nitrogen and oxygen atoms in total. The molecule has 1 atom stereocenters. The van der Waals surface area contributed by atoms with Crippen LogP contribution in [0.5, 0.6) is 0 Å². The van der Waals surface area contributed by atoms with Gasteiger partial charge in [-0.3, -0.25) is 9.78 Å². The van der Waals surface area contributed by atoms with Crippen molar-refractivity contribution in [3.8, 4) is 0 Å². The standard InChI is InChI=1S/C11H16N4O/c16-11(10-8-12-6-7-14-10)15-5-3-9-2-1-4-13-9/h6-9,13H,1-5H2,(H,15,16)/t9-/m1/s1. The molecule has 1 aliphatic heterocycles. The summed E-state index contributed by atoms with van der Waals surface area (Å²) in [5.41, 5.74) is 0.377. The minimum absolute atomic E-state index is 0.147. The van der Waals surface area contributed by atoms with E-state index in [-0.39, 0.29) is 5.91 Å². The van der Waals surface area contributed by atoms with E-state index in [1.807, 2.05) is 0 Å². The lowest BCUT2D eigenvalue weighted by Crippen LogP contribution is -2.31. The molecule has 2 N–H and O–H groups in total. The Hall–Kier alpha value is -1.49. The summed E-state index contributed by atoms with van der Waals surface area (Å²) >= 11 is 0. The lowest BCUT2D eigenvalue weighted by Gasteiger charge is -2.10. The normalized spacial score (nSPS) is 19.6. The number of rotatable bonds is 4. The van der Waals surface area contributed by atoms with Gasteiger partial charge in [0.1, 0.15) is 5.69 Å². The molecule has 1 amide bonds. The Kier molecular flexibility index (Phi) is 3.82.